The summed E-state index contributed by atoms with van der Waals surface area (Å²) in [5.74, 6) is -0.121. The number of carbonyl (C=O) groups is 1. The average molecular weight is 230 g/mol. The van der Waals surface area contributed by atoms with Crippen molar-refractivity contribution in [3.05, 3.63) is 35.4 Å². The van der Waals surface area contributed by atoms with E-state index in [-0.39, 0.29) is 5.91 Å². The molecule has 0 saturated heterocycles. The molecular formula is C14H18N2O. The summed E-state index contributed by atoms with van der Waals surface area (Å²) in [6.45, 7) is 7.46. The Morgan fingerprint density at radius 3 is 2.24 bits per heavy atom. The van der Waals surface area contributed by atoms with Crippen LogP contribution >= 0.6 is 0 Å². The predicted molar refractivity (Wildman–Crippen MR) is 67.1 cm³/mol. The highest BCUT2D eigenvalue weighted by molar-refractivity contribution is 5.82. The zero-order chi connectivity index (χ0) is 13.1. The summed E-state index contributed by atoms with van der Waals surface area (Å²) in [6, 6.07) is 9.13. The van der Waals surface area contributed by atoms with Crippen LogP contribution in [0.1, 0.15) is 37.9 Å². The van der Waals surface area contributed by atoms with Crippen molar-refractivity contribution in [2.24, 2.45) is 5.41 Å². The summed E-state index contributed by atoms with van der Waals surface area (Å²) in [5.41, 5.74) is 1.46. The Labute approximate surface area is 102 Å². The molecule has 0 aliphatic carbocycles. The van der Waals surface area contributed by atoms with Crippen LogP contribution in [-0.2, 0) is 4.79 Å². The minimum atomic E-state index is -0.581. The monoisotopic (exact) mass is 230 g/mol. The smallest absolute Gasteiger partial charge is 0.226 e. The van der Waals surface area contributed by atoms with E-state index in [0.29, 0.717) is 0 Å². The summed E-state index contributed by atoms with van der Waals surface area (Å²) in [4.78, 5) is 11.8. The van der Waals surface area contributed by atoms with Crippen LogP contribution in [0.3, 0.4) is 0 Å². The quantitative estimate of drug-likeness (QED) is 0.849. The molecular weight excluding hydrogens is 212 g/mol. The lowest BCUT2D eigenvalue weighted by molar-refractivity contribution is -0.128. The van der Waals surface area contributed by atoms with Gasteiger partial charge in [0.2, 0.25) is 5.91 Å². The minimum Gasteiger partial charge on any atom is -0.336 e. The van der Waals surface area contributed by atoms with Gasteiger partial charge in [-0.3, -0.25) is 4.79 Å². The Kier molecular flexibility index (Phi) is 3.90. The fourth-order valence-corrected chi connectivity index (χ4v) is 1.30. The Balaban J connectivity index is 2.84. The van der Waals surface area contributed by atoms with Gasteiger partial charge in [0.25, 0.3) is 0 Å². The van der Waals surface area contributed by atoms with Gasteiger partial charge < -0.3 is 5.32 Å². The highest BCUT2D eigenvalue weighted by Crippen LogP contribution is 2.18. The second kappa shape index (κ2) is 5.01. The van der Waals surface area contributed by atoms with E-state index in [2.05, 4.69) is 11.4 Å². The van der Waals surface area contributed by atoms with Crippen molar-refractivity contribution in [3.8, 4) is 6.07 Å². The van der Waals surface area contributed by atoms with Gasteiger partial charge in [-0.15, -0.1) is 0 Å². The van der Waals surface area contributed by atoms with Crippen LogP contribution in [0, 0.1) is 23.7 Å². The summed E-state index contributed by atoms with van der Waals surface area (Å²) >= 11 is 0. The topological polar surface area (TPSA) is 52.9 Å². The highest BCUT2D eigenvalue weighted by atomic mass is 16.2. The first kappa shape index (κ1) is 13.2. The third kappa shape index (κ3) is 3.60. The molecule has 0 radical (unpaired) electrons. The van der Waals surface area contributed by atoms with Gasteiger partial charge in [0.05, 0.1) is 6.07 Å². The molecule has 0 aliphatic heterocycles. The third-order valence-electron chi connectivity index (χ3n) is 2.50. The number of nitrogens with one attached hydrogen (secondary N) is 1. The van der Waals surface area contributed by atoms with Crippen LogP contribution < -0.4 is 5.32 Å². The molecule has 0 fully saturated rings. The first-order valence-corrected chi connectivity index (χ1v) is 5.62. The fraction of sp³-hybridized carbons (Fsp3) is 0.429. The molecule has 3 heteroatoms. The second-order valence-electron chi connectivity index (χ2n) is 5.20. The van der Waals surface area contributed by atoms with Gasteiger partial charge >= 0.3 is 0 Å². The Bertz CT molecular complexity index is 435. The first-order chi connectivity index (χ1) is 7.84. The molecule has 0 heterocycles. The molecule has 1 rings (SSSR count). The Morgan fingerprint density at radius 1 is 1.29 bits per heavy atom. The van der Waals surface area contributed by atoms with Gasteiger partial charge in [0, 0.05) is 5.41 Å². The van der Waals surface area contributed by atoms with E-state index in [1.54, 1.807) is 0 Å². The summed E-state index contributed by atoms with van der Waals surface area (Å²) < 4.78 is 0. The van der Waals surface area contributed by atoms with Crippen LogP contribution in [0.25, 0.3) is 0 Å². The van der Waals surface area contributed by atoms with Crippen molar-refractivity contribution in [1.82, 2.24) is 5.32 Å². The molecule has 0 aliphatic rings. The second-order valence-corrected chi connectivity index (χ2v) is 5.20. The third-order valence-corrected chi connectivity index (χ3v) is 2.50. The molecule has 90 valence electrons. The molecule has 1 unspecified atom stereocenters. The number of nitriles is 1. The highest BCUT2D eigenvalue weighted by Gasteiger charge is 2.24. The van der Waals surface area contributed by atoms with Crippen molar-refractivity contribution < 1.29 is 4.79 Å². The number of rotatable bonds is 2. The molecule has 0 spiro atoms. The van der Waals surface area contributed by atoms with Gasteiger partial charge in [0.1, 0.15) is 6.04 Å². The summed E-state index contributed by atoms with van der Waals surface area (Å²) in [5, 5.41) is 11.8. The van der Waals surface area contributed by atoms with Crippen LogP contribution in [0.2, 0.25) is 0 Å². The largest absolute Gasteiger partial charge is 0.336 e. The number of hydrogen-bond donors (Lipinski definition) is 1. The molecule has 3 nitrogen and oxygen atoms in total. The molecule has 1 aromatic rings. The van der Waals surface area contributed by atoms with E-state index >= 15 is 0 Å². The number of amides is 1. The van der Waals surface area contributed by atoms with Crippen LogP contribution in [-0.4, -0.2) is 5.91 Å². The SMILES string of the molecule is Cc1ccc(C(C#N)NC(=O)C(C)(C)C)cc1. The van der Waals surface area contributed by atoms with Gasteiger partial charge in [-0.25, -0.2) is 0 Å². The first-order valence-electron chi connectivity index (χ1n) is 5.62. The Morgan fingerprint density at radius 2 is 1.82 bits per heavy atom. The standard InChI is InChI=1S/C14H18N2O/c1-10-5-7-11(8-6-10)12(9-15)16-13(17)14(2,3)4/h5-8,12H,1-4H3,(H,16,17). The van der Waals surface area contributed by atoms with E-state index < -0.39 is 11.5 Å². The number of benzene rings is 1. The summed E-state index contributed by atoms with van der Waals surface area (Å²) in [7, 11) is 0. The van der Waals surface area contributed by atoms with Gasteiger partial charge in [-0.05, 0) is 12.5 Å². The van der Waals surface area contributed by atoms with Crippen molar-refractivity contribution in [2.75, 3.05) is 0 Å². The van der Waals surface area contributed by atoms with E-state index in [1.807, 2.05) is 52.0 Å². The molecule has 0 aromatic heterocycles. The van der Waals surface area contributed by atoms with E-state index in [1.165, 1.54) is 0 Å². The predicted octanol–water partition coefficient (Wildman–Crippen LogP) is 2.72. The van der Waals surface area contributed by atoms with Crippen molar-refractivity contribution in [2.45, 2.75) is 33.7 Å². The van der Waals surface area contributed by atoms with Crippen LogP contribution in [0.5, 0.6) is 0 Å². The number of hydrogen-bond acceptors (Lipinski definition) is 2. The molecule has 1 aromatic carbocycles. The summed E-state index contributed by atoms with van der Waals surface area (Å²) in [6.07, 6.45) is 0. The van der Waals surface area contributed by atoms with Crippen LogP contribution in [0.15, 0.2) is 24.3 Å². The van der Waals surface area contributed by atoms with E-state index in [0.717, 1.165) is 11.1 Å². The van der Waals surface area contributed by atoms with Crippen LogP contribution in [0.4, 0.5) is 0 Å². The van der Waals surface area contributed by atoms with E-state index in [4.69, 9.17) is 5.26 Å². The lowest BCUT2D eigenvalue weighted by Crippen LogP contribution is -2.36. The molecule has 1 atom stereocenters. The molecule has 17 heavy (non-hydrogen) atoms. The maximum atomic E-state index is 11.8. The number of carbonyl (C=O) groups excluding carboxylic acids is 1. The van der Waals surface area contributed by atoms with Crippen molar-refractivity contribution >= 4 is 5.91 Å². The molecule has 1 N–H and O–H groups in total. The molecule has 0 bridgehead atoms. The molecule has 0 saturated carbocycles. The van der Waals surface area contributed by atoms with Crippen molar-refractivity contribution in [3.63, 3.8) is 0 Å². The maximum absolute atomic E-state index is 11.8. The normalized spacial score (nSPS) is 12.6. The van der Waals surface area contributed by atoms with Crippen molar-refractivity contribution in [1.29, 1.82) is 5.26 Å². The maximum Gasteiger partial charge on any atom is 0.226 e. The van der Waals surface area contributed by atoms with Gasteiger partial charge in [-0.1, -0.05) is 50.6 Å². The van der Waals surface area contributed by atoms with Gasteiger partial charge in [-0.2, -0.15) is 5.26 Å². The average Bonchev–Trinajstić information content (AvgIpc) is 2.25. The zero-order valence-electron chi connectivity index (χ0n) is 10.7. The zero-order valence-corrected chi connectivity index (χ0v) is 10.7. The Hall–Kier alpha value is -1.82. The molecule has 1 amide bonds. The fourth-order valence-electron chi connectivity index (χ4n) is 1.30. The number of aryl methyl sites for hydroxylation is 1. The lowest BCUT2D eigenvalue weighted by Gasteiger charge is -2.20. The lowest BCUT2D eigenvalue weighted by atomic mass is 9.94. The minimum absolute atomic E-state index is 0.121. The van der Waals surface area contributed by atoms with Gasteiger partial charge in [0.15, 0.2) is 0 Å². The van der Waals surface area contributed by atoms with E-state index in [9.17, 15) is 4.79 Å². The number of nitrogens with zero attached hydrogens (tertiary/aromatic N) is 1.